The Morgan fingerprint density at radius 3 is 2.47 bits per heavy atom. The summed E-state index contributed by atoms with van der Waals surface area (Å²) < 4.78 is 5.36. The molecule has 0 saturated heterocycles. The summed E-state index contributed by atoms with van der Waals surface area (Å²) in [6.07, 6.45) is 7.88. The van der Waals surface area contributed by atoms with Crippen LogP contribution in [0.5, 0.6) is 0 Å². The van der Waals surface area contributed by atoms with Crippen molar-refractivity contribution in [3.63, 3.8) is 0 Å². The third-order valence-corrected chi connectivity index (χ3v) is 2.82. The van der Waals surface area contributed by atoms with Crippen molar-refractivity contribution in [2.75, 3.05) is 0 Å². The molecule has 0 aromatic carbocycles. The summed E-state index contributed by atoms with van der Waals surface area (Å²) in [7, 11) is 0. The van der Waals surface area contributed by atoms with Gasteiger partial charge in [0.25, 0.3) is 0 Å². The number of hydrogen-bond acceptors (Lipinski definition) is 2. The molecule has 1 unspecified atom stereocenters. The number of ether oxygens (including phenoxy) is 1. The van der Waals surface area contributed by atoms with E-state index in [1.165, 1.54) is 25.3 Å². The lowest BCUT2D eigenvalue weighted by molar-refractivity contribution is -0.152. The smallest absolute Gasteiger partial charge is 0.330 e. The first-order chi connectivity index (χ1) is 7.08. The molecule has 0 amide bonds. The first-order valence-electron chi connectivity index (χ1n) is 5.93. The second-order valence-corrected chi connectivity index (χ2v) is 4.24. The van der Waals surface area contributed by atoms with Gasteiger partial charge in [0.2, 0.25) is 0 Å². The lowest BCUT2D eigenvalue weighted by atomic mass is 9.95. The first-order valence-corrected chi connectivity index (χ1v) is 5.93. The molecular weight excluding hydrogens is 188 g/mol. The molecule has 0 N–H and O–H groups in total. The van der Waals surface area contributed by atoms with E-state index < -0.39 is 0 Å². The highest BCUT2D eigenvalue weighted by atomic mass is 16.6. The van der Waals surface area contributed by atoms with E-state index in [0.29, 0.717) is 0 Å². The van der Waals surface area contributed by atoms with Crippen LogP contribution in [0.25, 0.3) is 0 Å². The van der Waals surface area contributed by atoms with Gasteiger partial charge in [-0.25, -0.2) is 4.79 Å². The Labute approximate surface area is 93.7 Å². The number of rotatable bonds is 8. The van der Waals surface area contributed by atoms with Crippen molar-refractivity contribution in [2.45, 2.75) is 64.9 Å². The van der Waals surface area contributed by atoms with Gasteiger partial charge in [-0.05, 0) is 26.2 Å². The maximum absolute atomic E-state index is 11.1. The zero-order valence-electron chi connectivity index (χ0n) is 10.3. The largest absolute Gasteiger partial charge is 0.456 e. The van der Waals surface area contributed by atoms with Gasteiger partial charge in [-0.2, -0.15) is 0 Å². The van der Waals surface area contributed by atoms with E-state index in [0.717, 1.165) is 19.3 Å². The Bertz CT molecular complexity index is 199. The van der Waals surface area contributed by atoms with Crippen molar-refractivity contribution in [3.05, 3.63) is 12.7 Å². The van der Waals surface area contributed by atoms with Crippen molar-refractivity contribution in [1.82, 2.24) is 0 Å². The molecule has 0 aliphatic heterocycles. The molecule has 0 fully saturated rings. The van der Waals surface area contributed by atoms with Crippen molar-refractivity contribution in [3.8, 4) is 0 Å². The SMILES string of the molecule is C=CC(=O)OC(C)(CC)CCCCCC. The second-order valence-electron chi connectivity index (χ2n) is 4.24. The Hall–Kier alpha value is -0.790. The van der Waals surface area contributed by atoms with E-state index >= 15 is 0 Å². The summed E-state index contributed by atoms with van der Waals surface area (Å²) in [6, 6.07) is 0. The Kier molecular flexibility index (Phi) is 7.10. The van der Waals surface area contributed by atoms with Crippen LogP contribution in [0, 0.1) is 0 Å². The fourth-order valence-electron chi connectivity index (χ4n) is 1.51. The summed E-state index contributed by atoms with van der Waals surface area (Å²) in [5.74, 6) is -0.310. The van der Waals surface area contributed by atoms with Crippen LogP contribution in [0.3, 0.4) is 0 Å². The molecule has 1 atom stereocenters. The third kappa shape index (κ3) is 6.32. The van der Waals surface area contributed by atoms with E-state index in [9.17, 15) is 4.79 Å². The summed E-state index contributed by atoms with van der Waals surface area (Å²) in [4.78, 5) is 11.1. The summed E-state index contributed by atoms with van der Waals surface area (Å²) in [5.41, 5.74) is -0.307. The minimum Gasteiger partial charge on any atom is -0.456 e. The van der Waals surface area contributed by atoms with E-state index in [1.54, 1.807) is 0 Å². The summed E-state index contributed by atoms with van der Waals surface area (Å²) >= 11 is 0. The van der Waals surface area contributed by atoms with Gasteiger partial charge in [-0.15, -0.1) is 0 Å². The normalized spacial score (nSPS) is 14.3. The molecule has 0 radical (unpaired) electrons. The van der Waals surface area contributed by atoms with Gasteiger partial charge in [-0.3, -0.25) is 0 Å². The van der Waals surface area contributed by atoms with Gasteiger partial charge in [0.15, 0.2) is 0 Å². The highest BCUT2D eigenvalue weighted by Crippen LogP contribution is 2.23. The lowest BCUT2D eigenvalue weighted by Crippen LogP contribution is -2.30. The average molecular weight is 212 g/mol. The van der Waals surface area contributed by atoms with Gasteiger partial charge >= 0.3 is 5.97 Å². The summed E-state index contributed by atoms with van der Waals surface area (Å²) in [5, 5.41) is 0. The molecule has 0 aliphatic rings. The van der Waals surface area contributed by atoms with Gasteiger partial charge in [0.1, 0.15) is 5.60 Å². The predicted octanol–water partition coefficient (Wildman–Crippen LogP) is 3.85. The highest BCUT2D eigenvalue weighted by molar-refractivity contribution is 5.81. The van der Waals surface area contributed by atoms with Gasteiger partial charge in [0, 0.05) is 6.08 Å². The highest BCUT2D eigenvalue weighted by Gasteiger charge is 2.24. The van der Waals surface area contributed by atoms with E-state index in [2.05, 4.69) is 20.4 Å². The second kappa shape index (κ2) is 7.49. The van der Waals surface area contributed by atoms with Crippen LogP contribution in [0.2, 0.25) is 0 Å². The minimum atomic E-state index is -0.310. The average Bonchev–Trinajstić information content (AvgIpc) is 2.24. The topological polar surface area (TPSA) is 26.3 Å². The number of esters is 1. The fraction of sp³-hybridized carbons (Fsp3) is 0.769. The minimum absolute atomic E-state index is 0.307. The van der Waals surface area contributed by atoms with Crippen LogP contribution in [-0.2, 0) is 9.53 Å². The van der Waals surface area contributed by atoms with E-state index in [-0.39, 0.29) is 11.6 Å². The molecule has 0 aliphatic carbocycles. The monoisotopic (exact) mass is 212 g/mol. The van der Waals surface area contributed by atoms with Crippen molar-refractivity contribution >= 4 is 5.97 Å². The molecule has 0 saturated carbocycles. The van der Waals surface area contributed by atoms with Crippen LogP contribution in [0.1, 0.15) is 59.3 Å². The van der Waals surface area contributed by atoms with Crippen molar-refractivity contribution in [2.24, 2.45) is 0 Å². The molecule has 0 heterocycles. The quantitative estimate of drug-likeness (QED) is 0.347. The molecule has 0 aromatic rings. The first kappa shape index (κ1) is 14.2. The predicted molar refractivity (Wildman–Crippen MR) is 63.7 cm³/mol. The number of carbonyl (C=O) groups excluding carboxylic acids is 1. The standard InChI is InChI=1S/C13H24O2/c1-5-8-9-10-11-13(4,7-3)15-12(14)6-2/h6H,2,5,7-11H2,1,3-4H3. The lowest BCUT2D eigenvalue weighted by Gasteiger charge is -2.27. The van der Waals surface area contributed by atoms with Gasteiger partial charge in [-0.1, -0.05) is 39.7 Å². The molecule has 88 valence electrons. The van der Waals surface area contributed by atoms with E-state index in [4.69, 9.17) is 4.74 Å². The van der Waals surface area contributed by atoms with Crippen molar-refractivity contribution in [1.29, 1.82) is 0 Å². The number of unbranched alkanes of at least 4 members (excludes halogenated alkanes) is 3. The Balaban J connectivity index is 3.95. The van der Waals surface area contributed by atoms with Gasteiger partial charge < -0.3 is 4.74 Å². The molecule has 0 rings (SSSR count). The molecule has 0 spiro atoms. The molecule has 2 heteroatoms. The molecule has 15 heavy (non-hydrogen) atoms. The van der Waals surface area contributed by atoms with Crippen LogP contribution < -0.4 is 0 Å². The van der Waals surface area contributed by atoms with Crippen molar-refractivity contribution < 1.29 is 9.53 Å². The van der Waals surface area contributed by atoms with Crippen LogP contribution in [-0.4, -0.2) is 11.6 Å². The summed E-state index contributed by atoms with van der Waals surface area (Å²) in [6.45, 7) is 9.66. The zero-order chi connectivity index (χ0) is 11.7. The molecule has 2 nitrogen and oxygen atoms in total. The Morgan fingerprint density at radius 2 is 2.00 bits per heavy atom. The fourth-order valence-corrected chi connectivity index (χ4v) is 1.51. The molecule has 0 bridgehead atoms. The number of carbonyl (C=O) groups is 1. The van der Waals surface area contributed by atoms with E-state index in [1.807, 2.05) is 6.92 Å². The third-order valence-electron chi connectivity index (χ3n) is 2.82. The van der Waals surface area contributed by atoms with Crippen LogP contribution in [0.15, 0.2) is 12.7 Å². The molecular formula is C13H24O2. The van der Waals surface area contributed by atoms with Crippen LogP contribution in [0.4, 0.5) is 0 Å². The Morgan fingerprint density at radius 1 is 1.33 bits per heavy atom. The maximum Gasteiger partial charge on any atom is 0.330 e. The van der Waals surface area contributed by atoms with Crippen LogP contribution >= 0.6 is 0 Å². The zero-order valence-corrected chi connectivity index (χ0v) is 10.3. The van der Waals surface area contributed by atoms with Gasteiger partial charge in [0.05, 0.1) is 0 Å². The maximum atomic E-state index is 11.1. The molecule has 0 aromatic heterocycles. The number of hydrogen-bond donors (Lipinski definition) is 0.